The van der Waals surface area contributed by atoms with Crippen LogP contribution in [0.1, 0.15) is 33.7 Å². The highest BCUT2D eigenvalue weighted by Crippen LogP contribution is 2.56. The van der Waals surface area contributed by atoms with Crippen molar-refractivity contribution < 1.29 is 8.42 Å². The first-order valence-corrected chi connectivity index (χ1v) is 10.5. The molecule has 128 valence electrons. The van der Waals surface area contributed by atoms with Gasteiger partial charge in [-0.05, 0) is 37.0 Å². The molecule has 1 aromatic heterocycles. The summed E-state index contributed by atoms with van der Waals surface area (Å²) in [5, 5.41) is 6.32. The summed E-state index contributed by atoms with van der Waals surface area (Å²) >= 11 is 1.76. The fraction of sp³-hybridized carbons (Fsp3) is 0.211. The van der Waals surface area contributed by atoms with E-state index in [-0.39, 0.29) is 4.90 Å². The summed E-state index contributed by atoms with van der Waals surface area (Å²) in [4.78, 5) is 6.27. The van der Waals surface area contributed by atoms with Gasteiger partial charge in [0, 0.05) is 16.4 Å². The van der Waals surface area contributed by atoms with Gasteiger partial charge in [-0.3, -0.25) is 0 Å². The van der Waals surface area contributed by atoms with Gasteiger partial charge < -0.3 is 0 Å². The van der Waals surface area contributed by atoms with Crippen molar-refractivity contribution in [2.45, 2.75) is 30.1 Å². The molecule has 1 fully saturated rings. The predicted molar refractivity (Wildman–Crippen MR) is 100 cm³/mol. The van der Waals surface area contributed by atoms with Crippen LogP contribution in [0.5, 0.6) is 0 Å². The highest BCUT2D eigenvalue weighted by atomic mass is 32.2. The van der Waals surface area contributed by atoms with E-state index in [0.717, 1.165) is 28.2 Å². The van der Waals surface area contributed by atoms with E-state index in [4.69, 9.17) is 10.1 Å². The highest BCUT2D eigenvalue weighted by Gasteiger charge is 2.42. The minimum atomic E-state index is -3.63. The standard InChI is InChI=1S/C19H18N2O2S2/c1-12-18(14-5-3-2-4-6-14)21-19(24-12)17-11-16(17)13-7-9-15(10-8-13)25(20,22)23/h2-10,16-17H,11H2,1H3,(H2,20,22,23)/t16-,17+/m0/s1. The van der Waals surface area contributed by atoms with Gasteiger partial charge in [0.05, 0.1) is 15.6 Å². The van der Waals surface area contributed by atoms with E-state index in [1.807, 2.05) is 30.3 Å². The van der Waals surface area contributed by atoms with Crippen LogP contribution < -0.4 is 5.14 Å². The van der Waals surface area contributed by atoms with Crippen LogP contribution in [-0.4, -0.2) is 13.4 Å². The fourth-order valence-corrected chi connectivity index (χ4v) is 4.82. The molecule has 2 N–H and O–H groups in total. The molecule has 1 saturated carbocycles. The molecule has 1 aliphatic carbocycles. The topological polar surface area (TPSA) is 73.1 Å². The number of aromatic nitrogens is 1. The van der Waals surface area contributed by atoms with Crippen molar-refractivity contribution in [3.05, 3.63) is 70.0 Å². The van der Waals surface area contributed by atoms with E-state index < -0.39 is 10.0 Å². The van der Waals surface area contributed by atoms with Crippen LogP contribution in [0, 0.1) is 6.92 Å². The Labute approximate surface area is 151 Å². The number of nitrogens with two attached hydrogens (primary N) is 1. The van der Waals surface area contributed by atoms with Crippen molar-refractivity contribution in [3.63, 3.8) is 0 Å². The molecule has 0 saturated heterocycles. The van der Waals surface area contributed by atoms with Crippen LogP contribution in [0.3, 0.4) is 0 Å². The molecule has 2 atom stereocenters. The first-order valence-electron chi connectivity index (χ1n) is 8.09. The van der Waals surface area contributed by atoms with Gasteiger partial charge in [0.15, 0.2) is 0 Å². The molecule has 0 unspecified atom stereocenters. The predicted octanol–water partition coefficient (Wildman–Crippen LogP) is 4.04. The Morgan fingerprint density at radius 1 is 1.04 bits per heavy atom. The van der Waals surface area contributed by atoms with Crippen molar-refractivity contribution in [3.8, 4) is 11.3 Å². The molecule has 0 bridgehead atoms. The van der Waals surface area contributed by atoms with Crippen molar-refractivity contribution in [1.29, 1.82) is 0 Å². The lowest BCUT2D eigenvalue weighted by Crippen LogP contribution is -2.11. The van der Waals surface area contributed by atoms with E-state index in [9.17, 15) is 8.42 Å². The molecule has 1 heterocycles. The molecule has 25 heavy (non-hydrogen) atoms. The monoisotopic (exact) mass is 370 g/mol. The molecule has 2 aromatic carbocycles. The maximum absolute atomic E-state index is 11.4. The number of hydrogen-bond acceptors (Lipinski definition) is 4. The highest BCUT2D eigenvalue weighted by molar-refractivity contribution is 7.89. The lowest BCUT2D eigenvalue weighted by molar-refractivity contribution is 0.598. The summed E-state index contributed by atoms with van der Waals surface area (Å²) in [6.45, 7) is 2.11. The van der Waals surface area contributed by atoms with Gasteiger partial charge in [0.25, 0.3) is 0 Å². The number of nitrogens with zero attached hydrogens (tertiary/aromatic N) is 1. The van der Waals surface area contributed by atoms with Gasteiger partial charge >= 0.3 is 0 Å². The lowest BCUT2D eigenvalue weighted by Gasteiger charge is -2.01. The third kappa shape index (κ3) is 3.25. The zero-order valence-electron chi connectivity index (χ0n) is 13.7. The number of hydrogen-bond donors (Lipinski definition) is 1. The molecule has 1 aliphatic rings. The molecule has 6 heteroatoms. The van der Waals surface area contributed by atoms with Gasteiger partial charge in [-0.15, -0.1) is 11.3 Å². The quantitative estimate of drug-likeness (QED) is 0.753. The zero-order valence-corrected chi connectivity index (χ0v) is 15.3. The Kier molecular flexibility index (Phi) is 3.98. The fourth-order valence-electron chi connectivity index (χ4n) is 3.18. The van der Waals surface area contributed by atoms with Gasteiger partial charge in [-0.2, -0.15) is 0 Å². The summed E-state index contributed by atoms with van der Waals surface area (Å²) in [7, 11) is -3.63. The number of thiazole rings is 1. The Balaban J connectivity index is 1.56. The molecular formula is C19H18N2O2S2. The Morgan fingerprint density at radius 2 is 1.72 bits per heavy atom. The average Bonchev–Trinajstić information content (AvgIpc) is 3.31. The van der Waals surface area contributed by atoms with Crippen LogP contribution >= 0.6 is 11.3 Å². The summed E-state index contributed by atoms with van der Waals surface area (Å²) in [6.07, 6.45) is 1.05. The minimum absolute atomic E-state index is 0.157. The third-order valence-electron chi connectivity index (χ3n) is 4.60. The van der Waals surface area contributed by atoms with Crippen molar-refractivity contribution in [1.82, 2.24) is 4.98 Å². The second-order valence-electron chi connectivity index (χ2n) is 6.39. The van der Waals surface area contributed by atoms with Crippen LogP contribution in [0.15, 0.2) is 59.5 Å². The zero-order chi connectivity index (χ0) is 17.6. The van der Waals surface area contributed by atoms with E-state index in [2.05, 4.69) is 19.1 Å². The molecule has 0 radical (unpaired) electrons. The molecule has 4 nitrogen and oxygen atoms in total. The smallest absolute Gasteiger partial charge is 0.238 e. The largest absolute Gasteiger partial charge is 0.241 e. The minimum Gasteiger partial charge on any atom is -0.241 e. The van der Waals surface area contributed by atoms with Crippen molar-refractivity contribution in [2.75, 3.05) is 0 Å². The van der Waals surface area contributed by atoms with Crippen molar-refractivity contribution in [2.24, 2.45) is 5.14 Å². The Hall–Kier alpha value is -2.02. The molecular weight excluding hydrogens is 352 g/mol. The lowest BCUT2D eigenvalue weighted by atomic mass is 10.1. The number of primary sulfonamides is 1. The van der Waals surface area contributed by atoms with Gasteiger partial charge in [-0.25, -0.2) is 18.5 Å². The maximum atomic E-state index is 11.4. The Morgan fingerprint density at radius 3 is 2.36 bits per heavy atom. The van der Waals surface area contributed by atoms with Crippen LogP contribution in [0.4, 0.5) is 0 Å². The van der Waals surface area contributed by atoms with Crippen molar-refractivity contribution >= 4 is 21.4 Å². The second kappa shape index (κ2) is 6.05. The average molecular weight is 370 g/mol. The van der Waals surface area contributed by atoms with Gasteiger partial charge in [-0.1, -0.05) is 42.5 Å². The molecule has 4 rings (SSSR count). The molecule has 0 aliphatic heterocycles. The van der Waals surface area contributed by atoms with E-state index >= 15 is 0 Å². The molecule has 0 spiro atoms. The summed E-state index contributed by atoms with van der Waals surface area (Å²) in [5.41, 5.74) is 3.36. The van der Waals surface area contributed by atoms with Crippen LogP contribution in [0.25, 0.3) is 11.3 Å². The maximum Gasteiger partial charge on any atom is 0.238 e. The number of aryl methyl sites for hydroxylation is 1. The van der Waals surface area contributed by atoms with E-state index in [0.29, 0.717) is 11.8 Å². The molecule has 0 amide bonds. The van der Waals surface area contributed by atoms with Crippen LogP contribution in [-0.2, 0) is 10.0 Å². The van der Waals surface area contributed by atoms with Crippen LogP contribution in [0.2, 0.25) is 0 Å². The third-order valence-corrected chi connectivity index (χ3v) is 6.64. The number of rotatable bonds is 4. The van der Waals surface area contributed by atoms with Gasteiger partial charge in [0.2, 0.25) is 10.0 Å². The first-order chi connectivity index (χ1) is 11.9. The van der Waals surface area contributed by atoms with E-state index in [1.165, 1.54) is 4.88 Å². The SMILES string of the molecule is Cc1sc([C@@H]2C[C@H]2c2ccc(S(N)(=O)=O)cc2)nc1-c1ccccc1. The number of benzene rings is 2. The summed E-state index contributed by atoms with van der Waals surface area (Å²) in [6, 6.07) is 17.1. The van der Waals surface area contributed by atoms with E-state index in [1.54, 1.807) is 23.5 Å². The first kappa shape index (κ1) is 16.4. The van der Waals surface area contributed by atoms with Gasteiger partial charge in [0.1, 0.15) is 0 Å². The Bertz CT molecular complexity index is 1010. The second-order valence-corrected chi connectivity index (χ2v) is 9.18. The number of sulfonamides is 1. The summed E-state index contributed by atoms with van der Waals surface area (Å²) < 4.78 is 22.7. The molecule has 3 aromatic rings. The summed E-state index contributed by atoms with van der Waals surface area (Å²) in [5.74, 6) is 0.824. The normalized spacial score (nSPS) is 19.8.